The van der Waals surface area contributed by atoms with Gasteiger partial charge in [-0.2, -0.15) is 0 Å². The number of carbonyl (C=O) groups is 1. The molecule has 2 amide bonds. The lowest BCUT2D eigenvalue weighted by Crippen LogP contribution is -2.30. The molecule has 0 aliphatic rings. The molecule has 9 heteroatoms. The number of carbonyl (C=O) groups excluding carboxylic acids is 1. The smallest absolute Gasteiger partial charge is 0.319 e. The Morgan fingerprint density at radius 1 is 1.38 bits per heavy atom. The zero-order valence-corrected chi connectivity index (χ0v) is 14.3. The van der Waals surface area contributed by atoms with Gasteiger partial charge in [-0.1, -0.05) is 16.9 Å². The fourth-order valence-electron chi connectivity index (χ4n) is 2.25. The highest BCUT2D eigenvalue weighted by atomic mass is 32.2. The molecule has 2 N–H and O–H groups in total. The molecule has 24 heavy (non-hydrogen) atoms. The molecule has 0 bridgehead atoms. The van der Waals surface area contributed by atoms with Gasteiger partial charge in [0.2, 0.25) is 0 Å². The van der Waals surface area contributed by atoms with Crippen molar-refractivity contribution in [2.45, 2.75) is 25.5 Å². The van der Waals surface area contributed by atoms with Crippen molar-refractivity contribution in [3.63, 3.8) is 0 Å². The van der Waals surface area contributed by atoms with Gasteiger partial charge in [0, 0.05) is 36.0 Å². The van der Waals surface area contributed by atoms with Gasteiger partial charge in [-0.3, -0.25) is 0 Å². The molecule has 0 atom stereocenters. The fraction of sp³-hybridized carbons (Fsp3) is 0.333. The van der Waals surface area contributed by atoms with E-state index in [1.165, 1.54) is 0 Å². The highest BCUT2D eigenvalue weighted by Crippen LogP contribution is 2.18. The molecule has 0 radical (unpaired) electrons. The molecule has 0 aliphatic carbocycles. The van der Waals surface area contributed by atoms with Gasteiger partial charge >= 0.3 is 6.03 Å². The Hall–Kier alpha value is -2.55. The SMILES string of the molecule is CCn1c(C)nnc1SCCNC(=O)Nc1ccc2cnoc2c1. The quantitative estimate of drug-likeness (QED) is 0.526. The van der Waals surface area contributed by atoms with Gasteiger partial charge in [-0.15, -0.1) is 10.2 Å². The van der Waals surface area contributed by atoms with E-state index in [2.05, 4.69) is 32.9 Å². The summed E-state index contributed by atoms with van der Waals surface area (Å²) in [5, 5.41) is 19.2. The van der Waals surface area contributed by atoms with Crippen LogP contribution in [-0.4, -0.2) is 38.2 Å². The van der Waals surface area contributed by atoms with Gasteiger partial charge in [0.15, 0.2) is 10.7 Å². The molecule has 8 nitrogen and oxygen atoms in total. The monoisotopic (exact) mass is 346 g/mol. The highest BCUT2D eigenvalue weighted by molar-refractivity contribution is 7.99. The van der Waals surface area contributed by atoms with Gasteiger partial charge in [-0.05, 0) is 26.0 Å². The van der Waals surface area contributed by atoms with Crippen LogP contribution in [0.1, 0.15) is 12.7 Å². The first-order valence-corrected chi connectivity index (χ1v) is 8.58. The summed E-state index contributed by atoms with van der Waals surface area (Å²) in [7, 11) is 0. The zero-order valence-electron chi connectivity index (χ0n) is 13.4. The predicted molar refractivity (Wildman–Crippen MR) is 92.2 cm³/mol. The third-order valence-electron chi connectivity index (χ3n) is 3.45. The normalized spacial score (nSPS) is 10.9. The number of amides is 2. The molecule has 0 saturated heterocycles. The summed E-state index contributed by atoms with van der Waals surface area (Å²) < 4.78 is 7.11. The first kappa shape index (κ1) is 16.3. The molecule has 0 saturated carbocycles. The number of urea groups is 1. The van der Waals surface area contributed by atoms with Crippen LogP contribution in [0.15, 0.2) is 34.1 Å². The number of benzene rings is 1. The Labute approximate surface area is 143 Å². The second kappa shape index (κ2) is 7.35. The Balaban J connectivity index is 1.45. The summed E-state index contributed by atoms with van der Waals surface area (Å²) in [5.74, 6) is 1.61. The van der Waals surface area contributed by atoms with Crippen molar-refractivity contribution in [1.82, 2.24) is 25.2 Å². The number of hydrogen-bond donors (Lipinski definition) is 2. The van der Waals surface area contributed by atoms with Crippen molar-refractivity contribution in [3.8, 4) is 0 Å². The van der Waals surface area contributed by atoms with Crippen molar-refractivity contribution in [1.29, 1.82) is 0 Å². The summed E-state index contributed by atoms with van der Waals surface area (Å²) in [4.78, 5) is 11.9. The largest absolute Gasteiger partial charge is 0.356 e. The Morgan fingerprint density at radius 2 is 2.25 bits per heavy atom. The lowest BCUT2D eigenvalue weighted by atomic mass is 10.2. The summed E-state index contributed by atoms with van der Waals surface area (Å²) in [5.41, 5.74) is 1.29. The Bertz CT molecular complexity index is 843. The van der Waals surface area contributed by atoms with Gasteiger partial charge < -0.3 is 19.7 Å². The summed E-state index contributed by atoms with van der Waals surface area (Å²) in [6.07, 6.45) is 1.63. The number of thioether (sulfide) groups is 1. The minimum absolute atomic E-state index is 0.261. The lowest BCUT2D eigenvalue weighted by molar-refractivity contribution is 0.252. The molecule has 3 aromatic rings. The van der Waals surface area contributed by atoms with Crippen molar-refractivity contribution >= 4 is 34.4 Å². The van der Waals surface area contributed by atoms with Gasteiger partial charge in [0.05, 0.1) is 6.20 Å². The van der Waals surface area contributed by atoms with Crippen molar-refractivity contribution in [2.24, 2.45) is 0 Å². The van der Waals surface area contributed by atoms with Crippen LogP contribution in [-0.2, 0) is 6.54 Å². The second-order valence-corrected chi connectivity index (χ2v) is 6.14. The van der Waals surface area contributed by atoms with Crippen LogP contribution < -0.4 is 10.6 Å². The fourth-order valence-corrected chi connectivity index (χ4v) is 3.15. The van der Waals surface area contributed by atoms with Crippen LogP contribution in [0.2, 0.25) is 0 Å². The van der Waals surface area contributed by atoms with Crippen LogP contribution in [0.3, 0.4) is 0 Å². The molecule has 126 valence electrons. The molecule has 2 heterocycles. The average molecular weight is 346 g/mol. The molecular formula is C15H18N6O2S. The van der Waals surface area contributed by atoms with E-state index >= 15 is 0 Å². The maximum Gasteiger partial charge on any atom is 0.319 e. The topological polar surface area (TPSA) is 97.9 Å². The van der Waals surface area contributed by atoms with E-state index < -0.39 is 0 Å². The standard InChI is InChI=1S/C15H18N6O2S/c1-3-21-10(2)19-20-15(21)24-7-6-16-14(22)18-12-5-4-11-9-17-23-13(11)8-12/h4-5,8-9H,3,6-7H2,1-2H3,(H2,16,18,22). The molecule has 3 rings (SSSR count). The van der Waals surface area contributed by atoms with Crippen molar-refractivity contribution in [3.05, 3.63) is 30.2 Å². The first-order valence-electron chi connectivity index (χ1n) is 7.59. The maximum atomic E-state index is 11.9. The van der Waals surface area contributed by atoms with E-state index in [0.29, 0.717) is 23.6 Å². The molecule has 0 aliphatic heterocycles. The maximum absolute atomic E-state index is 11.9. The number of aromatic nitrogens is 4. The van der Waals surface area contributed by atoms with E-state index in [1.807, 2.05) is 17.6 Å². The van der Waals surface area contributed by atoms with Crippen LogP contribution >= 0.6 is 11.8 Å². The van der Waals surface area contributed by atoms with E-state index in [9.17, 15) is 4.79 Å². The number of nitrogens with zero attached hydrogens (tertiary/aromatic N) is 4. The first-order chi connectivity index (χ1) is 11.7. The van der Waals surface area contributed by atoms with Gasteiger partial charge in [0.1, 0.15) is 5.82 Å². The van der Waals surface area contributed by atoms with E-state index in [0.717, 1.165) is 22.9 Å². The second-order valence-electron chi connectivity index (χ2n) is 5.08. The highest BCUT2D eigenvalue weighted by Gasteiger charge is 2.08. The van der Waals surface area contributed by atoms with Crippen LogP contribution in [0, 0.1) is 6.92 Å². The van der Waals surface area contributed by atoms with Crippen molar-refractivity contribution in [2.75, 3.05) is 17.6 Å². The molecular weight excluding hydrogens is 328 g/mol. The number of nitrogens with one attached hydrogen (secondary N) is 2. The average Bonchev–Trinajstić information content (AvgIpc) is 3.17. The van der Waals surface area contributed by atoms with Crippen molar-refractivity contribution < 1.29 is 9.32 Å². The summed E-state index contributed by atoms with van der Waals surface area (Å²) in [6, 6.07) is 5.13. The number of rotatable bonds is 6. The zero-order chi connectivity index (χ0) is 16.9. The third-order valence-corrected chi connectivity index (χ3v) is 4.42. The molecule has 0 unspecified atom stereocenters. The number of fused-ring (bicyclic) bond motifs is 1. The minimum atomic E-state index is -0.261. The predicted octanol–water partition coefficient (Wildman–Crippen LogP) is 2.66. The molecule has 1 aromatic carbocycles. The number of anilines is 1. The molecule has 2 aromatic heterocycles. The van der Waals surface area contributed by atoms with Gasteiger partial charge in [0.25, 0.3) is 0 Å². The molecule has 0 fully saturated rings. The van der Waals surface area contributed by atoms with E-state index in [4.69, 9.17) is 4.52 Å². The Kier molecular flexibility index (Phi) is 4.99. The van der Waals surface area contributed by atoms with E-state index in [-0.39, 0.29) is 6.03 Å². The third kappa shape index (κ3) is 3.67. The minimum Gasteiger partial charge on any atom is -0.356 e. The molecule has 0 spiro atoms. The Morgan fingerprint density at radius 3 is 3.08 bits per heavy atom. The lowest BCUT2D eigenvalue weighted by Gasteiger charge is -2.08. The van der Waals surface area contributed by atoms with E-state index in [1.54, 1.807) is 30.1 Å². The van der Waals surface area contributed by atoms with Gasteiger partial charge in [-0.25, -0.2) is 4.79 Å². The number of aryl methyl sites for hydroxylation is 1. The van der Waals surface area contributed by atoms with Crippen LogP contribution in [0.25, 0.3) is 11.0 Å². The van der Waals surface area contributed by atoms with Crippen LogP contribution in [0.5, 0.6) is 0 Å². The van der Waals surface area contributed by atoms with Crippen LogP contribution in [0.4, 0.5) is 10.5 Å². The number of hydrogen-bond acceptors (Lipinski definition) is 6. The summed E-state index contributed by atoms with van der Waals surface area (Å²) in [6.45, 7) is 5.34. The summed E-state index contributed by atoms with van der Waals surface area (Å²) >= 11 is 1.57.